The van der Waals surface area contributed by atoms with Gasteiger partial charge in [-0.2, -0.15) is 0 Å². The van der Waals surface area contributed by atoms with Crippen LogP contribution in [-0.2, 0) is 20.0 Å². The highest BCUT2D eigenvalue weighted by Gasteiger charge is 2.50. The predicted octanol–water partition coefficient (Wildman–Crippen LogP) is 6.69. The van der Waals surface area contributed by atoms with Gasteiger partial charge in [0.25, 0.3) is 20.0 Å². The van der Waals surface area contributed by atoms with Crippen molar-refractivity contribution in [2.75, 3.05) is 0 Å². The molecular formula is C28H26N2O4S4. The van der Waals surface area contributed by atoms with Crippen LogP contribution < -0.4 is 0 Å². The van der Waals surface area contributed by atoms with Crippen molar-refractivity contribution in [1.82, 2.24) is 7.42 Å². The lowest BCUT2D eigenvalue weighted by molar-refractivity contribution is 0.324. The second-order valence-electron chi connectivity index (χ2n) is 9.01. The first-order valence-electron chi connectivity index (χ1n) is 11.9. The van der Waals surface area contributed by atoms with Gasteiger partial charge in [-0.05, 0) is 49.2 Å². The summed E-state index contributed by atoms with van der Waals surface area (Å²) in [5.41, 5.74) is 3.27. The smallest absolute Gasteiger partial charge is 0.206 e. The maximum absolute atomic E-state index is 14.0. The highest BCUT2D eigenvalue weighted by molar-refractivity contribution is 8.76. The molecule has 1 saturated heterocycles. The Kier molecular flexibility index (Phi) is 7.72. The molecule has 4 aromatic carbocycles. The van der Waals surface area contributed by atoms with E-state index in [9.17, 15) is 16.8 Å². The quantitative estimate of drug-likeness (QED) is 0.186. The van der Waals surface area contributed by atoms with Gasteiger partial charge >= 0.3 is 0 Å². The third-order valence-corrected chi connectivity index (χ3v) is 13.6. The number of aryl methyl sites for hydroxylation is 2. The summed E-state index contributed by atoms with van der Waals surface area (Å²) in [6, 6.07) is 30.1. The van der Waals surface area contributed by atoms with Crippen molar-refractivity contribution in [3.05, 3.63) is 131 Å². The molecule has 0 spiro atoms. The Hall–Kier alpha value is -2.60. The largest absolute Gasteiger partial charge is 0.253 e. The molecule has 2 atom stereocenters. The van der Waals surface area contributed by atoms with Crippen LogP contribution in [0.4, 0.5) is 0 Å². The number of hydrogen-bond acceptors (Lipinski definition) is 6. The first kappa shape index (κ1) is 27.0. The van der Waals surface area contributed by atoms with Crippen LogP contribution in [0.15, 0.2) is 119 Å². The highest BCUT2D eigenvalue weighted by atomic mass is 33.1. The minimum atomic E-state index is -4.00. The van der Waals surface area contributed by atoms with Crippen LogP contribution in [0.3, 0.4) is 0 Å². The molecule has 10 heteroatoms. The van der Waals surface area contributed by atoms with Crippen LogP contribution in [0, 0.1) is 13.8 Å². The minimum absolute atomic E-state index is 0.152. The van der Waals surface area contributed by atoms with Crippen molar-refractivity contribution in [3.63, 3.8) is 0 Å². The molecule has 196 valence electrons. The third kappa shape index (κ3) is 5.16. The normalized spacial score (nSPS) is 19.3. The zero-order valence-electron chi connectivity index (χ0n) is 20.7. The maximum Gasteiger partial charge on any atom is 0.253 e. The SMILES string of the molecule is Cc1ccc(S(=O)(=O)N2SSN(S(=O)(=O)c3ccc(C)cc3)[C@@H](c3ccccc3)[C@@H]2c2ccccc2)cc1. The summed E-state index contributed by atoms with van der Waals surface area (Å²) < 4.78 is 58.9. The van der Waals surface area contributed by atoms with E-state index in [0.29, 0.717) is 11.1 Å². The maximum atomic E-state index is 14.0. The molecule has 0 N–H and O–H groups in total. The molecule has 0 amide bonds. The molecule has 1 aliphatic heterocycles. The van der Waals surface area contributed by atoms with Crippen molar-refractivity contribution in [3.8, 4) is 0 Å². The van der Waals surface area contributed by atoms with Crippen LogP contribution in [-0.4, -0.2) is 24.3 Å². The lowest BCUT2D eigenvalue weighted by Crippen LogP contribution is -2.43. The van der Waals surface area contributed by atoms with Gasteiger partial charge in [0.05, 0.1) is 21.9 Å². The van der Waals surface area contributed by atoms with Crippen molar-refractivity contribution in [2.24, 2.45) is 0 Å². The molecule has 1 fully saturated rings. The number of rotatable bonds is 6. The van der Waals surface area contributed by atoms with Crippen LogP contribution in [0.1, 0.15) is 34.3 Å². The van der Waals surface area contributed by atoms with Crippen LogP contribution in [0.25, 0.3) is 0 Å². The Morgan fingerprint density at radius 1 is 0.500 bits per heavy atom. The Labute approximate surface area is 232 Å². The van der Waals surface area contributed by atoms with Crippen molar-refractivity contribution < 1.29 is 16.8 Å². The Morgan fingerprint density at radius 3 is 1.13 bits per heavy atom. The van der Waals surface area contributed by atoms with E-state index in [4.69, 9.17) is 0 Å². The fourth-order valence-corrected chi connectivity index (χ4v) is 11.6. The lowest BCUT2D eigenvalue weighted by atomic mass is 9.95. The van der Waals surface area contributed by atoms with Crippen molar-refractivity contribution in [2.45, 2.75) is 35.7 Å². The summed E-state index contributed by atoms with van der Waals surface area (Å²) in [6.45, 7) is 3.79. The first-order chi connectivity index (χ1) is 18.2. The van der Waals surface area contributed by atoms with Crippen molar-refractivity contribution in [1.29, 1.82) is 0 Å². The van der Waals surface area contributed by atoms with E-state index >= 15 is 0 Å². The minimum Gasteiger partial charge on any atom is -0.206 e. The molecule has 0 bridgehead atoms. The molecule has 38 heavy (non-hydrogen) atoms. The van der Waals surface area contributed by atoms with Crippen LogP contribution in [0.5, 0.6) is 0 Å². The third-order valence-electron chi connectivity index (χ3n) is 6.33. The molecule has 0 aliphatic carbocycles. The summed E-state index contributed by atoms with van der Waals surface area (Å²) in [4.78, 5) is 0.303. The van der Waals surface area contributed by atoms with Gasteiger partial charge in [-0.3, -0.25) is 0 Å². The zero-order valence-corrected chi connectivity index (χ0v) is 24.0. The number of nitrogens with zero attached hydrogens (tertiary/aromatic N) is 2. The van der Waals surface area contributed by atoms with Gasteiger partial charge in [0, 0.05) is 22.0 Å². The molecule has 0 radical (unpaired) electrons. The zero-order chi connectivity index (χ0) is 26.9. The van der Waals surface area contributed by atoms with E-state index < -0.39 is 32.1 Å². The standard InChI is InChI=1S/C28H26N2O4S4/c1-21-13-17-25(18-14-21)37(31,32)29-27(23-9-5-3-6-10-23)28(24-11-7-4-8-12-24)30(36-35-29)38(33,34)26-19-15-22(2)16-20-26/h3-20,27-28H,1-2H3/t27-,28-/m0/s1. The molecule has 1 aliphatic rings. The summed E-state index contributed by atoms with van der Waals surface area (Å²) in [5, 5.41) is 0. The fraction of sp³-hybridized carbons (Fsp3) is 0.143. The van der Waals surface area contributed by atoms with Gasteiger partial charge in [0.1, 0.15) is 0 Å². The summed E-state index contributed by atoms with van der Waals surface area (Å²) in [6.07, 6.45) is 0. The van der Waals surface area contributed by atoms with Gasteiger partial charge in [-0.1, -0.05) is 96.1 Å². The molecule has 0 saturated carbocycles. The molecule has 1 heterocycles. The lowest BCUT2D eigenvalue weighted by Gasteiger charge is -2.44. The van der Waals surface area contributed by atoms with E-state index in [2.05, 4.69) is 0 Å². The average molecular weight is 583 g/mol. The van der Waals surface area contributed by atoms with E-state index in [-0.39, 0.29) is 9.79 Å². The van der Waals surface area contributed by atoms with E-state index in [1.165, 1.54) is 7.42 Å². The van der Waals surface area contributed by atoms with E-state index in [1.54, 1.807) is 48.5 Å². The first-order valence-corrected chi connectivity index (χ1v) is 16.8. The number of sulfonamides is 2. The molecule has 5 rings (SSSR count). The average Bonchev–Trinajstić information content (AvgIpc) is 2.93. The van der Waals surface area contributed by atoms with Gasteiger partial charge in [-0.25, -0.2) is 16.8 Å². The van der Waals surface area contributed by atoms with Gasteiger partial charge in [0.2, 0.25) is 0 Å². The van der Waals surface area contributed by atoms with Crippen LogP contribution in [0.2, 0.25) is 0 Å². The van der Waals surface area contributed by atoms with Crippen LogP contribution >= 0.6 is 22.0 Å². The van der Waals surface area contributed by atoms with E-state index in [1.807, 2.05) is 74.5 Å². The fourth-order valence-electron chi connectivity index (χ4n) is 4.30. The summed E-state index contributed by atoms with van der Waals surface area (Å²) in [5.74, 6) is 0. The predicted molar refractivity (Wildman–Crippen MR) is 154 cm³/mol. The summed E-state index contributed by atoms with van der Waals surface area (Å²) >= 11 is 0. The Morgan fingerprint density at radius 2 is 0.816 bits per heavy atom. The highest BCUT2D eigenvalue weighted by Crippen LogP contribution is 2.57. The molecular weight excluding hydrogens is 557 g/mol. The molecule has 4 aromatic rings. The van der Waals surface area contributed by atoms with Gasteiger partial charge in [0.15, 0.2) is 0 Å². The number of hydrogen-bond donors (Lipinski definition) is 0. The molecule has 6 nitrogen and oxygen atoms in total. The van der Waals surface area contributed by atoms with Gasteiger partial charge in [-0.15, -0.1) is 7.42 Å². The monoisotopic (exact) mass is 582 g/mol. The Balaban J connectivity index is 1.70. The summed E-state index contributed by atoms with van der Waals surface area (Å²) in [7, 11) is -6.18. The molecule has 0 unspecified atom stereocenters. The molecule has 0 aromatic heterocycles. The topological polar surface area (TPSA) is 74.8 Å². The number of benzene rings is 4. The second kappa shape index (κ2) is 10.9. The van der Waals surface area contributed by atoms with E-state index in [0.717, 1.165) is 33.1 Å². The van der Waals surface area contributed by atoms with Gasteiger partial charge < -0.3 is 0 Å². The second-order valence-corrected chi connectivity index (χ2v) is 15.1. The Bertz CT molecular complexity index is 1490. The van der Waals surface area contributed by atoms with Crippen molar-refractivity contribution >= 4 is 42.0 Å².